The first-order chi connectivity index (χ1) is 9.42. The molecule has 1 heteroatoms. The highest BCUT2D eigenvalue weighted by molar-refractivity contribution is 5.82. The van der Waals surface area contributed by atoms with E-state index >= 15 is 0 Å². The molecule has 0 unspecified atom stereocenters. The van der Waals surface area contributed by atoms with E-state index in [0.717, 1.165) is 12.5 Å². The smallest absolute Gasteiger partial charge is 0.0205 e. The van der Waals surface area contributed by atoms with Crippen molar-refractivity contribution in [3.05, 3.63) is 48.0 Å². The molecule has 3 rings (SSSR count). The van der Waals surface area contributed by atoms with E-state index in [-0.39, 0.29) is 0 Å². The second-order valence-electron chi connectivity index (χ2n) is 5.82. The maximum Gasteiger partial charge on any atom is 0.0205 e. The lowest BCUT2D eigenvalue weighted by Crippen LogP contribution is -2.24. The fourth-order valence-corrected chi connectivity index (χ4v) is 3.16. The van der Waals surface area contributed by atoms with Crippen molar-refractivity contribution >= 4 is 10.8 Å². The van der Waals surface area contributed by atoms with Crippen LogP contribution in [0.25, 0.3) is 10.8 Å². The largest absolute Gasteiger partial charge is 0.312 e. The summed E-state index contributed by atoms with van der Waals surface area (Å²) in [5, 5.41) is 6.31. The fraction of sp³-hybridized carbons (Fsp3) is 0.444. The van der Waals surface area contributed by atoms with E-state index in [0.29, 0.717) is 0 Å². The van der Waals surface area contributed by atoms with Crippen molar-refractivity contribution in [2.45, 2.75) is 38.6 Å². The van der Waals surface area contributed by atoms with Crippen molar-refractivity contribution in [2.75, 3.05) is 6.54 Å². The van der Waals surface area contributed by atoms with Crippen LogP contribution in [0, 0.1) is 5.92 Å². The topological polar surface area (TPSA) is 12.0 Å². The van der Waals surface area contributed by atoms with Gasteiger partial charge in [0.05, 0.1) is 0 Å². The van der Waals surface area contributed by atoms with Crippen LogP contribution in [-0.4, -0.2) is 6.54 Å². The Kier molecular flexibility index (Phi) is 4.14. The molecule has 2 aromatic carbocycles. The van der Waals surface area contributed by atoms with Gasteiger partial charge in [-0.1, -0.05) is 55.7 Å². The molecule has 1 saturated carbocycles. The van der Waals surface area contributed by atoms with E-state index in [2.05, 4.69) is 47.8 Å². The van der Waals surface area contributed by atoms with Crippen molar-refractivity contribution < 1.29 is 0 Å². The standard InChI is InChI=1S/C18H23N/c1-2-6-15(7-3-1)13-19-14-16-10-11-17-8-4-5-9-18(17)12-16/h4-5,8-12,15,19H,1-3,6-7,13-14H2. The normalized spacial score (nSPS) is 16.8. The number of benzene rings is 2. The minimum atomic E-state index is 0.911. The SMILES string of the molecule is c1ccc2cc(CNCC3CCCCC3)ccc2c1. The monoisotopic (exact) mass is 253 g/mol. The van der Waals surface area contributed by atoms with Crippen molar-refractivity contribution in [3.8, 4) is 0 Å². The van der Waals surface area contributed by atoms with Gasteiger partial charge in [0.15, 0.2) is 0 Å². The summed E-state index contributed by atoms with van der Waals surface area (Å²) < 4.78 is 0. The van der Waals surface area contributed by atoms with Gasteiger partial charge < -0.3 is 5.32 Å². The molecular weight excluding hydrogens is 230 g/mol. The molecule has 1 nitrogen and oxygen atoms in total. The third-order valence-corrected chi connectivity index (χ3v) is 4.30. The summed E-state index contributed by atoms with van der Waals surface area (Å²) in [7, 11) is 0. The number of nitrogens with one attached hydrogen (secondary N) is 1. The summed E-state index contributed by atoms with van der Waals surface area (Å²) in [5.41, 5.74) is 1.40. The fourth-order valence-electron chi connectivity index (χ4n) is 3.16. The van der Waals surface area contributed by atoms with Crippen LogP contribution in [0.15, 0.2) is 42.5 Å². The molecule has 100 valence electrons. The predicted molar refractivity (Wildman–Crippen MR) is 82.2 cm³/mol. The van der Waals surface area contributed by atoms with Gasteiger partial charge >= 0.3 is 0 Å². The predicted octanol–water partition coefficient (Wildman–Crippen LogP) is 4.51. The molecule has 0 atom stereocenters. The minimum Gasteiger partial charge on any atom is -0.312 e. The van der Waals surface area contributed by atoms with Crippen molar-refractivity contribution in [1.29, 1.82) is 0 Å². The Morgan fingerprint density at radius 1 is 0.895 bits per heavy atom. The summed E-state index contributed by atoms with van der Waals surface area (Å²) in [6, 6.07) is 15.4. The Morgan fingerprint density at radius 3 is 2.53 bits per heavy atom. The average Bonchev–Trinajstić information content (AvgIpc) is 2.48. The third kappa shape index (κ3) is 3.36. The molecule has 0 radical (unpaired) electrons. The van der Waals surface area contributed by atoms with Gasteiger partial charge in [-0.25, -0.2) is 0 Å². The molecule has 1 aliphatic carbocycles. The zero-order valence-corrected chi connectivity index (χ0v) is 11.6. The first-order valence-corrected chi connectivity index (χ1v) is 7.60. The molecule has 0 spiro atoms. The second kappa shape index (κ2) is 6.21. The summed E-state index contributed by atoms with van der Waals surface area (Å²) in [4.78, 5) is 0. The lowest BCUT2D eigenvalue weighted by molar-refractivity contribution is 0.342. The molecule has 1 fully saturated rings. The molecule has 2 aromatic rings. The molecule has 0 heterocycles. The van der Waals surface area contributed by atoms with Gasteiger partial charge in [-0.15, -0.1) is 0 Å². The molecule has 1 aliphatic rings. The molecule has 0 saturated heterocycles. The van der Waals surface area contributed by atoms with Crippen LogP contribution in [0.2, 0.25) is 0 Å². The van der Waals surface area contributed by atoms with E-state index in [1.165, 1.54) is 55.0 Å². The Balaban J connectivity index is 1.56. The third-order valence-electron chi connectivity index (χ3n) is 4.30. The highest BCUT2D eigenvalue weighted by Crippen LogP contribution is 2.23. The van der Waals surface area contributed by atoms with E-state index in [1.807, 2.05) is 0 Å². The molecular formula is C18H23N. The molecule has 19 heavy (non-hydrogen) atoms. The lowest BCUT2D eigenvalue weighted by Gasteiger charge is -2.21. The van der Waals surface area contributed by atoms with Crippen LogP contribution in [0.4, 0.5) is 0 Å². The van der Waals surface area contributed by atoms with Gasteiger partial charge in [-0.2, -0.15) is 0 Å². The minimum absolute atomic E-state index is 0.911. The van der Waals surface area contributed by atoms with Gasteiger partial charge in [0, 0.05) is 6.54 Å². The van der Waals surface area contributed by atoms with E-state index in [9.17, 15) is 0 Å². The first kappa shape index (κ1) is 12.7. The Labute approximate surface area is 116 Å². The van der Waals surface area contributed by atoms with Gasteiger partial charge in [-0.05, 0) is 47.7 Å². The van der Waals surface area contributed by atoms with Crippen LogP contribution in [0.5, 0.6) is 0 Å². The van der Waals surface area contributed by atoms with Crippen LogP contribution in [0.3, 0.4) is 0 Å². The highest BCUT2D eigenvalue weighted by atomic mass is 14.9. The summed E-state index contributed by atoms with van der Waals surface area (Å²) in [6.07, 6.45) is 7.15. The van der Waals surface area contributed by atoms with Crippen LogP contribution in [0.1, 0.15) is 37.7 Å². The number of hydrogen-bond acceptors (Lipinski definition) is 1. The van der Waals surface area contributed by atoms with Gasteiger partial charge in [0.1, 0.15) is 0 Å². The van der Waals surface area contributed by atoms with E-state index < -0.39 is 0 Å². The molecule has 0 aromatic heterocycles. The first-order valence-electron chi connectivity index (χ1n) is 7.60. The number of fused-ring (bicyclic) bond motifs is 1. The lowest BCUT2D eigenvalue weighted by atomic mass is 9.89. The molecule has 0 amide bonds. The average molecular weight is 253 g/mol. The Bertz CT molecular complexity index is 526. The van der Waals surface area contributed by atoms with Gasteiger partial charge in [-0.3, -0.25) is 0 Å². The van der Waals surface area contributed by atoms with Crippen molar-refractivity contribution in [2.24, 2.45) is 5.92 Å². The maximum atomic E-state index is 3.64. The Hall–Kier alpha value is -1.34. The molecule has 0 bridgehead atoms. The van der Waals surface area contributed by atoms with Crippen LogP contribution >= 0.6 is 0 Å². The van der Waals surface area contributed by atoms with Crippen molar-refractivity contribution in [3.63, 3.8) is 0 Å². The number of rotatable bonds is 4. The van der Waals surface area contributed by atoms with E-state index in [4.69, 9.17) is 0 Å². The Morgan fingerprint density at radius 2 is 1.68 bits per heavy atom. The zero-order chi connectivity index (χ0) is 12.9. The van der Waals surface area contributed by atoms with Gasteiger partial charge in [0.2, 0.25) is 0 Å². The summed E-state index contributed by atoms with van der Waals surface area (Å²) in [6.45, 7) is 2.19. The van der Waals surface area contributed by atoms with E-state index in [1.54, 1.807) is 0 Å². The highest BCUT2D eigenvalue weighted by Gasteiger charge is 2.12. The molecule has 1 N–H and O–H groups in total. The quantitative estimate of drug-likeness (QED) is 0.845. The van der Waals surface area contributed by atoms with Gasteiger partial charge in [0.25, 0.3) is 0 Å². The van der Waals surface area contributed by atoms with Crippen molar-refractivity contribution in [1.82, 2.24) is 5.32 Å². The molecule has 0 aliphatic heterocycles. The zero-order valence-electron chi connectivity index (χ0n) is 11.6. The maximum absolute atomic E-state index is 3.64. The van der Waals surface area contributed by atoms with Crippen LogP contribution in [-0.2, 0) is 6.54 Å². The summed E-state index contributed by atoms with van der Waals surface area (Å²) >= 11 is 0. The second-order valence-corrected chi connectivity index (χ2v) is 5.82. The number of hydrogen-bond donors (Lipinski definition) is 1. The summed E-state index contributed by atoms with van der Waals surface area (Å²) in [5.74, 6) is 0.911. The van der Waals surface area contributed by atoms with Crippen LogP contribution < -0.4 is 5.32 Å².